The van der Waals surface area contributed by atoms with Gasteiger partial charge in [0.15, 0.2) is 0 Å². The second kappa shape index (κ2) is 10.9. The molecule has 3 aromatic carbocycles. The number of pyridine rings is 1. The molecule has 1 aromatic heterocycles. The maximum Gasteiger partial charge on any atom is 0.283 e. The Labute approximate surface area is 221 Å². The van der Waals surface area contributed by atoms with Crippen LogP contribution in [0.4, 0.5) is 17.1 Å². The van der Waals surface area contributed by atoms with E-state index in [-0.39, 0.29) is 16.3 Å². The number of para-hydroxylation sites is 1. The molecule has 0 fully saturated rings. The molecule has 12 nitrogen and oxygen atoms in total. The first-order chi connectivity index (χ1) is 18.1. The minimum atomic E-state index is -4.03. The van der Waals surface area contributed by atoms with Crippen LogP contribution < -0.4 is 5.43 Å². The van der Waals surface area contributed by atoms with Crippen LogP contribution in [-0.2, 0) is 10.0 Å². The number of nitrogens with one attached hydrogen (secondary N) is 1. The second-order valence-corrected chi connectivity index (χ2v) is 11.2. The van der Waals surface area contributed by atoms with Crippen LogP contribution in [0.25, 0.3) is 10.9 Å². The molecule has 194 valence electrons. The summed E-state index contributed by atoms with van der Waals surface area (Å²) < 4.78 is 26.3. The van der Waals surface area contributed by atoms with Gasteiger partial charge in [0.25, 0.3) is 11.4 Å². The Bertz CT molecular complexity index is 1690. The molecular weight excluding hydrogens is 532 g/mol. The number of benzene rings is 3. The van der Waals surface area contributed by atoms with E-state index in [1.165, 1.54) is 44.2 Å². The number of nitro groups is 2. The number of nitro benzene ring substituents is 2. The van der Waals surface area contributed by atoms with Crippen LogP contribution in [0.5, 0.6) is 0 Å². The van der Waals surface area contributed by atoms with Gasteiger partial charge in [-0.1, -0.05) is 36.0 Å². The number of rotatable bonds is 9. The zero-order valence-corrected chi connectivity index (χ0v) is 21.6. The lowest BCUT2D eigenvalue weighted by Gasteiger charge is -2.14. The molecule has 0 aliphatic rings. The first-order valence-electron chi connectivity index (χ1n) is 10.9. The Balaban J connectivity index is 1.62. The third-order valence-corrected chi connectivity index (χ3v) is 8.30. The molecule has 0 unspecified atom stereocenters. The first-order valence-corrected chi connectivity index (χ1v) is 13.1. The van der Waals surface area contributed by atoms with Gasteiger partial charge >= 0.3 is 0 Å². The van der Waals surface area contributed by atoms with Gasteiger partial charge in [-0.2, -0.15) is 5.10 Å². The fraction of sp³-hybridized carbons (Fsp3) is 0.0833. The molecule has 4 aromatic rings. The van der Waals surface area contributed by atoms with E-state index in [1.54, 1.807) is 18.3 Å². The number of nitrogens with zero attached hydrogens (tertiary/aromatic N) is 5. The average molecular weight is 553 g/mol. The molecule has 0 saturated carbocycles. The number of anilines is 1. The van der Waals surface area contributed by atoms with Crippen molar-refractivity contribution in [2.24, 2.45) is 5.10 Å². The van der Waals surface area contributed by atoms with E-state index in [9.17, 15) is 28.6 Å². The van der Waals surface area contributed by atoms with Gasteiger partial charge in [-0.05, 0) is 24.3 Å². The van der Waals surface area contributed by atoms with E-state index in [0.717, 1.165) is 32.2 Å². The van der Waals surface area contributed by atoms with E-state index in [1.807, 2.05) is 30.3 Å². The van der Waals surface area contributed by atoms with Crippen LogP contribution in [0.3, 0.4) is 0 Å². The third kappa shape index (κ3) is 5.61. The molecule has 0 spiro atoms. The summed E-state index contributed by atoms with van der Waals surface area (Å²) >= 11 is 1.22. The Kier molecular flexibility index (Phi) is 7.66. The van der Waals surface area contributed by atoms with Crippen molar-refractivity contribution in [1.29, 1.82) is 0 Å². The van der Waals surface area contributed by atoms with Crippen molar-refractivity contribution < 1.29 is 18.3 Å². The predicted octanol–water partition coefficient (Wildman–Crippen LogP) is 4.90. The minimum Gasteiger partial charge on any atom is -0.277 e. The Morgan fingerprint density at radius 1 is 0.974 bits per heavy atom. The summed E-state index contributed by atoms with van der Waals surface area (Å²) in [5.41, 5.74) is 3.15. The van der Waals surface area contributed by atoms with Gasteiger partial charge in [0.1, 0.15) is 4.90 Å². The van der Waals surface area contributed by atoms with Gasteiger partial charge in [-0.25, -0.2) is 12.7 Å². The maximum atomic E-state index is 12.7. The van der Waals surface area contributed by atoms with Crippen LogP contribution in [0.1, 0.15) is 5.56 Å². The number of non-ortho nitro benzene ring substituents is 1. The van der Waals surface area contributed by atoms with Crippen molar-refractivity contribution in [1.82, 2.24) is 9.29 Å². The summed E-state index contributed by atoms with van der Waals surface area (Å²) in [5, 5.41) is 27.9. The molecule has 14 heteroatoms. The molecule has 0 aliphatic heterocycles. The smallest absolute Gasteiger partial charge is 0.277 e. The summed E-state index contributed by atoms with van der Waals surface area (Å²) in [6.45, 7) is 0. The Morgan fingerprint density at radius 2 is 1.74 bits per heavy atom. The van der Waals surface area contributed by atoms with Gasteiger partial charge in [-0.3, -0.25) is 30.6 Å². The molecule has 1 heterocycles. The van der Waals surface area contributed by atoms with E-state index in [4.69, 9.17) is 0 Å². The van der Waals surface area contributed by atoms with Crippen LogP contribution in [0.2, 0.25) is 0 Å². The predicted molar refractivity (Wildman–Crippen MR) is 144 cm³/mol. The number of aromatic nitrogens is 1. The summed E-state index contributed by atoms with van der Waals surface area (Å²) in [6.07, 6.45) is 2.95. The molecule has 0 bridgehead atoms. The van der Waals surface area contributed by atoms with Gasteiger partial charge in [-0.15, -0.1) is 0 Å². The number of fused-ring (bicyclic) bond motifs is 1. The molecule has 0 atom stereocenters. The number of hydrogen-bond acceptors (Lipinski definition) is 10. The molecule has 0 aliphatic carbocycles. The van der Waals surface area contributed by atoms with Crippen molar-refractivity contribution >= 4 is 56.0 Å². The first kappa shape index (κ1) is 26.7. The van der Waals surface area contributed by atoms with E-state index in [0.29, 0.717) is 10.5 Å². The van der Waals surface area contributed by atoms with Crippen LogP contribution in [0, 0.1) is 20.2 Å². The van der Waals surface area contributed by atoms with E-state index in [2.05, 4.69) is 15.5 Å². The normalized spacial score (nSPS) is 11.8. The highest BCUT2D eigenvalue weighted by atomic mass is 32.2. The molecule has 4 rings (SSSR count). The maximum absolute atomic E-state index is 12.7. The lowest BCUT2D eigenvalue weighted by atomic mass is 10.2. The number of sulfonamides is 1. The quantitative estimate of drug-likeness (QED) is 0.173. The highest BCUT2D eigenvalue weighted by molar-refractivity contribution is 7.99. The number of hydrogen-bond donors (Lipinski definition) is 1. The summed E-state index contributed by atoms with van der Waals surface area (Å²) in [7, 11) is -1.43. The van der Waals surface area contributed by atoms with E-state index < -0.39 is 25.6 Å². The molecule has 0 saturated heterocycles. The number of hydrazone groups is 1. The van der Waals surface area contributed by atoms with Crippen molar-refractivity contribution in [3.8, 4) is 0 Å². The largest absolute Gasteiger partial charge is 0.283 e. The highest BCUT2D eigenvalue weighted by Crippen LogP contribution is 2.38. The molecule has 0 radical (unpaired) electrons. The molecule has 1 N–H and O–H groups in total. The van der Waals surface area contributed by atoms with Crippen molar-refractivity contribution in [3.63, 3.8) is 0 Å². The van der Waals surface area contributed by atoms with Crippen molar-refractivity contribution in [3.05, 3.63) is 98.7 Å². The van der Waals surface area contributed by atoms with Crippen LogP contribution in [-0.4, -0.2) is 47.9 Å². The summed E-state index contributed by atoms with van der Waals surface area (Å²) in [5.74, 6) is 0. The topological polar surface area (TPSA) is 161 Å². The summed E-state index contributed by atoms with van der Waals surface area (Å²) in [6, 6.07) is 17.2. The summed E-state index contributed by atoms with van der Waals surface area (Å²) in [4.78, 5) is 27.0. The standard InChI is InChI=1S/C24H20N6O6S2/c1-28(2)38(35,36)23-14-18(29(31)32)9-10-19(23)27-26-15-16-8-11-21(20(13-16)30(33)34)37-22-7-3-5-17-6-4-12-25-24(17)22/h3-15,27H,1-2H3/b26-15-. The molecular formula is C24H20N6O6S2. The average Bonchev–Trinajstić information content (AvgIpc) is 2.89. The minimum absolute atomic E-state index is 0.00526. The zero-order valence-electron chi connectivity index (χ0n) is 20.0. The van der Waals surface area contributed by atoms with Gasteiger partial charge < -0.3 is 0 Å². The molecule has 38 heavy (non-hydrogen) atoms. The monoisotopic (exact) mass is 552 g/mol. The highest BCUT2D eigenvalue weighted by Gasteiger charge is 2.24. The Hall–Kier alpha value is -4.40. The van der Waals surface area contributed by atoms with E-state index >= 15 is 0 Å². The van der Waals surface area contributed by atoms with Crippen LogP contribution >= 0.6 is 11.8 Å². The Morgan fingerprint density at radius 3 is 2.45 bits per heavy atom. The zero-order chi connectivity index (χ0) is 27.4. The lowest BCUT2D eigenvalue weighted by molar-refractivity contribution is -0.387. The lowest BCUT2D eigenvalue weighted by Crippen LogP contribution is -2.23. The van der Waals surface area contributed by atoms with Gasteiger partial charge in [0, 0.05) is 54.3 Å². The fourth-order valence-electron chi connectivity index (χ4n) is 3.42. The third-order valence-electron chi connectivity index (χ3n) is 5.33. The van der Waals surface area contributed by atoms with Gasteiger partial charge in [0.05, 0.1) is 32.2 Å². The SMILES string of the molecule is CN(C)S(=O)(=O)c1cc([N+](=O)[O-])ccc1N/N=C\c1ccc(Sc2cccc3cccnc23)c([N+](=O)[O-])c1. The van der Waals surface area contributed by atoms with Gasteiger partial charge in [0.2, 0.25) is 10.0 Å². The fourth-order valence-corrected chi connectivity index (χ4v) is 5.50. The second-order valence-electron chi connectivity index (χ2n) is 8.01. The molecule has 0 amide bonds. The van der Waals surface area contributed by atoms with Crippen LogP contribution in [0.15, 0.2) is 92.7 Å². The van der Waals surface area contributed by atoms with Crippen molar-refractivity contribution in [2.45, 2.75) is 14.7 Å². The van der Waals surface area contributed by atoms with Crippen molar-refractivity contribution in [2.75, 3.05) is 19.5 Å².